The lowest BCUT2D eigenvalue weighted by Crippen LogP contribution is -2.38. The van der Waals surface area contributed by atoms with Crippen LogP contribution in [0.2, 0.25) is 0 Å². The molecule has 1 saturated heterocycles. The summed E-state index contributed by atoms with van der Waals surface area (Å²) in [4.78, 5) is 13.4. The van der Waals surface area contributed by atoms with E-state index in [-0.39, 0.29) is 0 Å². The van der Waals surface area contributed by atoms with Gasteiger partial charge in [-0.3, -0.25) is 9.69 Å². The first-order chi connectivity index (χ1) is 9.38. The van der Waals surface area contributed by atoms with Gasteiger partial charge in [-0.25, -0.2) is 0 Å². The molecule has 1 aromatic carbocycles. The molecule has 0 bridgehead atoms. The smallest absolute Gasteiger partial charge is 0.150 e. The molecule has 0 spiro atoms. The van der Waals surface area contributed by atoms with Crippen LogP contribution in [-0.2, 0) is 11.3 Å². The van der Waals surface area contributed by atoms with Gasteiger partial charge in [0.2, 0.25) is 0 Å². The largest absolute Gasteiger partial charge is 0.379 e. The fourth-order valence-electron chi connectivity index (χ4n) is 2.62. The van der Waals surface area contributed by atoms with Crippen molar-refractivity contribution in [3.8, 4) is 0 Å². The first-order valence-electron chi connectivity index (χ1n) is 6.71. The van der Waals surface area contributed by atoms with Gasteiger partial charge in [0.1, 0.15) is 0 Å². The van der Waals surface area contributed by atoms with Crippen molar-refractivity contribution in [1.82, 2.24) is 9.47 Å². The van der Waals surface area contributed by atoms with E-state index in [1.165, 1.54) is 0 Å². The summed E-state index contributed by atoms with van der Waals surface area (Å²) < 4.78 is 7.57. The summed E-state index contributed by atoms with van der Waals surface area (Å²) in [6, 6.07) is 7.90. The van der Waals surface area contributed by atoms with Crippen molar-refractivity contribution in [2.45, 2.75) is 6.54 Å². The van der Waals surface area contributed by atoms with Crippen molar-refractivity contribution in [2.75, 3.05) is 32.8 Å². The van der Waals surface area contributed by atoms with E-state index in [0.717, 1.165) is 62.1 Å². The zero-order valence-electron chi connectivity index (χ0n) is 10.9. The number of hydrogen-bond donors (Lipinski definition) is 0. The molecule has 1 aliphatic heterocycles. The summed E-state index contributed by atoms with van der Waals surface area (Å²) in [7, 11) is 0. The Morgan fingerprint density at radius 1 is 1.16 bits per heavy atom. The first-order valence-corrected chi connectivity index (χ1v) is 6.71. The van der Waals surface area contributed by atoms with Crippen molar-refractivity contribution in [2.24, 2.45) is 0 Å². The number of fused-ring (bicyclic) bond motifs is 1. The number of ether oxygens (including phenoxy) is 1. The maximum atomic E-state index is 11.0. The van der Waals surface area contributed by atoms with Crippen molar-refractivity contribution in [3.05, 3.63) is 36.0 Å². The third-order valence-corrected chi connectivity index (χ3v) is 3.74. The molecule has 0 unspecified atom stereocenters. The lowest BCUT2D eigenvalue weighted by atomic mass is 10.1. The van der Waals surface area contributed by atoms with Crippen LogP contribution in [0, 0.1) is 0 Å². The maximum absolute atomic E-state index is 11.0. The van der Waals surface area contributed by atoms with Crippen LogP contribution in [-0.4, -0.2) is 48.6 Å². The monoisotopic (exact) mass is 258 g/mol. The Morgan fingerprint density at radius 2 is 2.00 bits per heavy atom. The van der Waals surface area contributed by atoms with Gasteiger partial charge in [0.25, 0.3) is 0 Å². The second-order valence-corrected chi connectivity index (χ2v) is 4.86. The second kappa shape index (κ2) is 5.55. The zero-order chi connectivity index (χ0) is 13.1. The molecular weight excluding hydrogens is 240 g/mol. The Labute approximate surface area is 112 Å². The van der Waals surface area contributed by atoms with Gasteiger partial charge in [-0.15, -0.1) is 0 Å². The topological polar surface area (TPSA) is 34.5 Å². The second-order valence-electron chi connectivity index (χ2n) is 4.86. The van der Waals surface area contributed by atoms with E-state index in [2.05, 4.69) is 21.7 Å². The number of benzene rings is 1. The minimum atomic E-state index is 0.766. The Morgan fingerprint density at radius 3 is 2.79 bits per heavy atom. The molecule has 19 heavy (non-hydrogen) atoms. The Balaban J connectivity index is 1.76. The van der Waals surface area contributed by atoms with Crippen LogP contribution >= 0.6 is 0 Å². The standard InChI is InChI=1S/C15H18N2O2/c18-12-13-2-1-3-15-14(13)4-5-17(15)7-6-16-8-10-19-11-9-16/h1-5,12H,6-11H2. The van der Waals surface area contributed by atoms with Gasteiger partial charge in [-0.2, -0.15) is 0 Å². The molecule has 0 atom stereocenters. The van der Waals surface area contributed by atoms with Crippen LogP contribution < -0.4 is 0 Å². The summed E-state index contributed by atoms with van der Waals surface area (Å²) in [5.74, 6) is 0. The van der Waals surface area contributed by atoms with Gasteiger partial charge in [0, 0.05) is 48.8 Å². The number of aromatic nitrogens is 1. The van der Waals surface area contributed by atoms with Gasteiger partial charge in [-0.1, -0.05) is 12.1 Å². The van der Waals surface area contributed by atoms with E-state index in [4.69, 9.17) is 4.74 Å². The number of nitrogens with zero attached hydrogens (tertiary/aromatic N) is 2. The van der Waals surface area contributed by atoms with Gasteiger partial charge in [-0.05, 0) is 12.1 Å². The average Bonchev–Trinajstić information content (AvgIpc) is 2.89. The molecule has 0 saturated carbocycles. The Hall–Kier alpha value is -1.65. The molecule has 2 aromatic rings. The number of hydrogen-bond acceptors (Lipinski definition) is 3. The lowest BCUT2D eigenvalue weighted by Gasteiger charge is -2.26. The molecule has 0 aliphatic carbocycles. The van der Waals surface area contributed by atoms with E-state index in [1.807, 2.05) is 18.2 Å². The van der Waals surface area contributed by atoms with Crippen LogP contribution in [0.5, 0.6) is 0 Å². The van der Waals surface area contributed by atoms with E-state index < -0.39 is 0 Å². The summed E-state index contributed by atoms with van der Waals surface area (Å²) in [5.41, 5.74) is 1.90. The molecule has 0 N–H and O–H groups in total. The third kappa shape index (κ3) is 2.55. The van der Waals surface area contributed by atoms with Gasteiger partial charge in [0.05, 0.1) is 13.2 Å². The summed E-state index contributed by atoms with van der Waals surface area (Å²) in [6.07, 6.45) is 2.99. The number of carbonyl (C=O) groups is 1. The predicted molar refractivity (Wildman–Crippen MR) is 74.6 cm³/mol. The predicted octanol–water partition coefficient (Wildman–Crippen LogP) is 1.79. The van der Waals surface area contributed by atoms with Crippen LogP contribution in [0.3, 0.4) is 0 Å². The number of aldehydes is 1. The van der Waals surface area contributed by atoms with E-state index in [1.54, 1.807) is 0 Å². The third-order valence-electron chi connectivity index (χ3n) is 3.74. The fourth-order valence-corrected chi connectivity index (χ4v) is 2.62. The van der Waals surface area contributed by atoms with Crippen LogP contribution in [0.4, 0.5) is 0 Å². The molecule has 0 radical (unpaired) electrons. The molecule has 1 aliphatic rings. The highest BCUT2D eigenvalue weighted by Crippen LogP contribution is 2.19. The molecule has 2 heterocycles. The highest BCUT2D eigenvalue weighted by molar-refractivity contribution is 5.97. The molecular formula is C15H18N2O2. The van der Waals surface area contributed by atoms with Gasteiger partial charge in [0.15, 0.2) is 6.29 Å². The number of carbonyl (C=O) groups excluding carboxylic acids is 1. The van der Waals surface area contributed by atoms with Crippen molar-refractivity contribution >= 4 is 17.2 Å². The number of morpholine rings is 1. The van der Waals surface area contributed by atoms with E-state index in [9.17, 15) is 4.79 Å². The van der Waals surface area contributed by atoms with Crippen LogP contribution in [0.1, 0.15) is 10.4 Å². The molecule has 100 valence electrons. The minimum Gasteiger partial charge on any atom is -0.379 e. The first kappa shape index (κ1) is 12.4. The van der Waals surface area contributed by atoms with Crippen molar-refractivity contribution < 1.29 is 9.53 Å². The highest BCUT2D eigenvalue weighted by atomic mass is 16.5. The van der Waals surface area contributed by atoms with Crippen molar-refractivity contribution in [3.63, 3.8) is 0 Å². The molecule has 4 nitrogen and oxygen atoms in total. The number of rotatable bonds is 4. The SMILES string of the molecule is O=Cc1cccc2c1ccn2CCN1CCOCC1. The molecule has 1 aromatic heterocycles. The summed E-state index contributed by atoms with van der Waals surface area (Å²) >= 11 is 0. The lowest BCUT2D eigenvalue weighted by molar-refractivity contribution is 0.0365. The Kier molecular flexibility index (Phi) is 3.62. The average molecular weight is 258 g/mol. The summed E-state index contributed by atoms with van der Waals surface area (Å²) in [5, 5.41) is 1.04. The normalized spacial score (nSPS) is 16.8. The van der Waals surface area contributed by atoms with E-state index in [0.29, 0.717) is 0 Å². The summed E-state index contributed by atoms with van der Waals surface area (Å²) in [6.45, 7) is 5.67. The molecule has 1 fully saturated rings. The van der Waals surface area contributed by atoms with Gasteiger partial charge < -0.3 is 9.30 Å². The fraction of sp³-hybridized carbons (Fsp3) is 0.400. The van der Waals surface area contributed by atoms with Crippen LogP contribution in [0.15, 0.2) is 30.5 Å². The van der Waals surface area contributed by atoms with Crippen molar-refractivity contribution in [1.29, 1.82) is 0 Å². The minimum absolute atomic E-state index is 0.766. The highest BCUT2D eigenvalue weighted by Gasteiger charge is 2.11. The van der Waals surface area contributed by atoms with Gasteiger partial charge >= 0.3 is 0 Å². The van der Waals surface area contributed by atoms with Crippen LogP contribution in [0.25, 0.3) is 10.9 Å². The quantitative estimate of drug-likeness (QED) is 0.784. The zero-order valence-corrected chi connectivity index (χ0v) is 10.9. The molecule has 4 heteroatoms. The molecule has 0 amide bonds. The maximum Gasteiger partial charge on any atom is 0.150 e. The molecule has 3 rings (SSSR count). The Bertz CT molecular complexity index is 571. The van der Waals surface area contributed by atoms with E-state index >= 15 is 0 Å².